The number of unbranched alkanes of at least 4 members (excludes halogenated alkanes) is 1. The largest absolute Gasteiger partial charge is 0.452 e. The van der Waals surface area contributed by atoms with Crippen molar-refractivity contribution < 1.29 is 14.3 Å². The van der Waals surface area contributed by atoms with Crippen LogP contribution < -0.4 is 5.32 Å². The van der Waals surface area contributed by atoms with Crippen molar-refractivity contribution in [2.45, 2.75) is 19.8 Å². The summed E-state index contributed by atoms with van der Waals surface area (Å²) in [6, 6.07) is 8.00. The average molecular weight is 260 g/mol. The van der Waals surface area contributed by atoms with E-state index in [1.54, 1.807) is 0 Å². The van der Waals surface area contributed by atoms with Crippen LogP contribution in [-0.2, 0) is 9.53 Å². The third-order valence-electron chi connectivity index (χ3n) is 2.44. The molecule has 0 saturated heterocycles. The molecule has 0 bridgehead atoms. The van der Waals surface area contributed by atoms with Crippen molar-refractivity contribution in [1.82, 2.24) is 5.32 Å². The molecule has 0 fully saturated rings. The Morgan fingerprint density at radius 2 is 2.00 bits per heavy atom. The number of nitrogens with one attached hydrogen (secondary N) is 1. The zero-order valence-corrected chi connectivity index (χ0v) is 10.8. The first kappa shape index (κ1) is 14.7. The Morgan fingerprint density at radius 3 is 2.58 bits per heavy atom. The van der Waals surface area contributed by atoms with Crippen molar-refractivity contribution >= 4 is 11.9 Å². The number of carbonyl (C=O) groups is 2. The quantitative estimate of drug-likeness (QED) is 0.622. The number of nitriles is 1. The molecule has 1 amide bonds. The summed E-state index contributed by atoms with van der Waals surface area (Å²) < 4.78 is 4.86. The first-order valence-electron chi connectivity index (χ1n) is 6.11. The molecule has 0 saturated carbocycles. The van der Waals surface area contributed by atoms with Gasteiger partial charge in [-0.25, -0.2) is 4.79 Å². The Bertz CT molecular complexity index is 474. The van der Waals surface area contributed by atoms with E-state index in [0.29, 0.717) is 17.7 Å². The van der Waals surface area contributed by atoms with Crippen molar-refractivity contribution in [3.63, 3.8) is 0 Å². The molecule has 0 aromatic heterocycles. The number of esters is 1. The molecule has 0 spiro atoms. The van der Waals surface area contributed by atoms with Crippen LogP contribution >= 0.6 is 0 Å². The van der Waals surface area contributed by atoms with Crippen LogP contribution in [0, 0.1) is 11.3 Å². The van der Waals surface area contributed by atoms with Crippen LogP contribution in [0.1, 0.15) is 35.7 Å². The number of hydrogen-bond acceptors (Lipinski definition) is 4. The number of benzene rings is 1. The lowest BCUT2D eigenvalue weighted by Gasteiger charge is -2.06. The van der Waals surface area contributed by atoms with Gasteiger partial charge in [0.15, 0.2) is 6.61 Å². The van der Waals surface area contributed by atoms with Gasteiger partial charge < -0.3 is 10.1 Å². The predicted molar refractivity (Wildman–Crippen MR) is 69.4 cm³/mol. The standard InChI is InChI=1S/C14H16N2O3/c1-2-3-8-16-13(17)10-19-14(18)12-6-4-11(9-15)5-7-12/h4-7H,2-3,8,10H2,1H3,(H,16,17). The van der Waals surface area contributed by atoms with Gasteiger partial charge in [-0.15, -0.1) is 0 Å². The van der Waals surface area contributed by atoms with E-state index in [1.165, 1.54) is 24.3 Å². The second-order valence-electron chi connectivity index (χ2n) is 3.97. The molecule has 5 heteroatoms. The Labute approximate surface area is 112 Å². The second kappa shape index (κ2) is 7.88. The minimum absolute atomic E-state index is 0.289. The predicted octanol–water partition coefficient (Wildman–Crippen LogP) is 1.63. The van der Waals surface area contributed by atoms with E-state index in [-0.39, 0.29) is 12.5 Å². The monoisotopic (exact) mass is 260 g/mol. The van der Waals surface area contributed by atoms with Gasteiger partial charge in [0.2, 0.25) is 0 Å². The van der Waals surface area contributed by atoms with Gasteiger partial charge in [0.25, 0.3) is 5.91 Å². The number of rotatable bonds is 6. The minimum atomic E-state index is -0.574. The molecule has 0 aliphatic heterocycles. The summed E-state index contributed by atoms with van der Waals surface area (Å²) in [5, 5.41) is 11.3. The summed E-state index contributed by atoms with van der Waals surface area (Å²) in [5.41, 5.74) is 0.786. The topological polar surface area (TPSA) is 79.2 Å². The molecule has 0 unspecified atom stereocenters. The van der Waals surface area contributed by atoms with Gasteiger partial charge in [-0.05, 0) is 30.7 Å². The maximum absolute atomic E-state index is 11.6. The number of carbonyl (C=O) groups excluding carboxylic acids is 2. The van der Waals surface area contributed by atoms with Crippen molar-refractivity contribution in [1.29, 1.82) is 5.26 Å². The van der Waals surface area contributed by atoms with Crippen molar-refractivity contribution in [3.05, 3.63) is 35.4 Å². The van der Waals surface area contributed by atoms with Crippen LogP contribution in [0.3, 0.4) is 0 Å². The summed E-state index contributed by atoms with van der Waals surface area (Å²) in [6.07, 6.45) is 1.89. The Hall–Kier alpha value is -2.35. The lowest BCUT2D eigenvalue weighted by atomic mass is 10.1. The van der Waals surface area contributed by atoms with Crippen LogP contribution in [0.4, 0.5) is 0 Å². The molecular formula is C14H16N2O3. The minimum Gasteiger partial charge on any atom is -0.452 e. The third-order valence-corrected chi connectivity index (χ3v) is 2.44. The number of ether oxygens (including phenoxy) is 1. The molecule has 0 atom stereocenters. The lowest BCUT2D eigenvalue weighted by molar-refractivity contribution is -0.124. The smallest absolute Gasteiger partial charge is 0.338 e. The Balaban J connectivity index is 2.38. The molecule has 1 rings (SSSR count). The zero-order valence-electron chi connectivity index (χ0n) is 10.8. The Morgan fingerprint density at radius 1 is 1.32 bits per heavy atom. The van der Waals surface area contributed by atoms with Gasteiger partial charge in [-0.3, -0.25) is 4.79 Å². The third kappa shape index (κ3) is 5.21. The summed E-state index contributed by atoms with van der Waals surface area (Å²) in [4.78, 5) is 22.9. The molecule has 1 N–H and O–H groups in total. The highest BCUT2D eigenvalue weighted by molar-refractivity contribution is 5.91. The van der Waals surface area contributed by atoms with Crippen LogP contribution in [0.2, 0.25) is 0 Å². The molecule has 100 valence electrons. The van der Waals surface area contributed by atoms with Gasteiger partial charge in [0, 0.05) is 6.54 Å². The highest BCUT2D eigenvalue weighted by Crippen LogP contribution is 2.04. The van der Waals surface area contributed by atoms with E-state index in [4.69, 9.17) is 10.00 Å². The van der Waals surface area contributed by atoms with E-state index in [1.807, 2.05) is 13.0 Å². The van der Waals surface area contributed by atoms with E-state index in [2.05, 4.69) is 5.32 Å². The zero-order chi connectivity index (χ0) is 14.1. The molecule has 0 aliphatic rings. The number of hydrogen-bond donors (Lipinski definition) is 1. The summed E-state index contributed by atoms with van der Waals surface area (Å²) in [6.45, 7) is 2.32. The summed E-state index contributed by atoms with van der Waals surface area (Å²) in [5.74, 6) is -0.884. The maximum Gasteiger partial charge on any atom is 0.338 e. The second-order valence-corrected chi connectivity index (χ2v) is 3.97. The van der Waals surface area contributed by atoms with Crippen LogP contribution in [0.15, 0.2) is 24.3 Å². The lowest BCUT2D eigenvalue weighted by Crippen LogP contribution is -2.29. The van der Waals surface area contributed by atoms with Crippen LogP contribution in [-0.4, -0.2) is 25.0 Å². The molecule has 1 aromatic rings. The van der Waals surface area contributed by atoms with Gasteiger partial charge >= 0.3 is 5.97 Å². The average Bonchev–Trinajstić information content (AvgIpc) is 2.45. The molecule has 0 aliphatic carbocycles. The summed E-state index contributed by atoms with van der Waals surface area (Å²) in [7, 11) is 0. The number of nitrogens with zero attached hydrogens (tertiary/aromatic N) is 1. The van der Waals surface area contributed by atoms with Crippen molar-refractivity contribution in [2.75, 3.05) is 13.2 Å². The van der Waals surface area contributed by atoms with Gasteiger partial charge in [-0.2, -0.15) is 5.26 Å². The van der Waals surface area contributed by atoms with Gasteiger partial charge in [0.05, 0.1) is 17.2 Å². The number of amides is 1. The molecule has 1 aromatic carbocycles. The van der Waals surface area contributed by atoms with Gasteiger partial charge in [-0.1, -0.05) is 13.3 Å². The van der Waals surface area contributed by atoms with E-state index in [0.717, 1.165) is 12.8 Å². The maximum atomic E-state index is 11.6. The normalized spacial score (nSPS) is 9.47. The SMILES string of the molecule is CCCCNC(=O)COC(=O)c1ccc(C#N)cc1. The van der Waals surface area contributed by atoms with E-state index < -0.39 is 5.97 Å². The van der Waals surface area contributed by atoms with E-state index >= 15 is 0 Å². The first-order chi connectivity index (χ1) is 9.17. The van der Waals surface area contributed by atoms with Crippen LogP contribution in [0.25, 0.3) is 0 Å². The van der Waals surface area contributed by atoms with Crippen LogP contribution in [0.5, 0.6) is 0 Å². The summed E-state index contributed by atoms with van der Waals surface area (Å²) >= 11 is 0. The fourth-order valence-corrected chi connectivity index (χ4v) is 1.35. The highest BCUT2D eigenvalue weighted by atomic mass is 16.5. The fourth-order valence-electron chi connectivity index (χ4n) is 1.35. The molecule has 19 heavy (non-hydrogen) atoms. The van der Waals surface area contributed by atoms with E-state index in [9.17, 15) is 9.59 Å². The Kier molecular flexibility index (Phi) is 6.10. The molecule has 5 nitrogen and oxygen atoms in total. The van der Waals surface area contributed by atoms with Crippen molar-refractivity contribution in [2.24, 2.45) is 0 Å². The fraction of sp³-hybridized carbons (Fsp3) is 0.357. The van der Waals surface area contributed by atoms with Crippen molar-refractivity contribution in [3.8, 4) is 6.07 Å². The molecule has 0 radical (unpaired) electrons. The molecule has 0 heterocycles. The highest BCUT2D eigenvalue weighted by Gasteiger charge is 2.09. The van der Waals surface area contributed by atoms with Gasteiger partial charge in [0.1, 0.15) is 0 Å². The first-order valence-corrected chi connectivity index (χ1v) is 6.11. The molecular weight excluding hydrogens is 244 g/mol.